The van der Waals surface area contributed by atoms with Crippen LogP contribution in [0, 0.1) is 0 Å². The molecule has 0 bridgehead atoms. The van der Waals surface area contributed by atoms with E-state index in [1.54, 1.807) is 7.11 Å². The van der Waals surface area contributed by atoms with Crippen molar-refractivity contribution in [2.24, 2.45) is 0 Å². The zero-order valence-corrected chi connectivity index (χ0v) is 11.5. The highest BCUT2D eigenvalue weighted by Gasteiger charge is 2.08. The first-order valence-corrected chi connectivity index (χ1v) is 6.44. The molecule has 0 aliphatic heterocycles. The Morgan fingerprint density at radius 2 is 2.16 bits per heavy atom. The number of hydrogen-bond acceptors (Lipinski definition) is 4. The van der Waals surface area contributed by atoms with Gasteiger partial charge in [0, 0.05) is 12.6 Å². The van der Waals surface area contributed by atoms with Crippen LogP contribution in [0.3, 0.4) is 0 Å². The van der Waals surface area contributed by atoms with Crippen molar-refractivity contribution in [2.75, 3.05) is 25.6 Å². The van der Waals surface area contributed by atoms with E-state index in [9.17, 15) is 4.79 Å². The second-order valence-electron chi connectivity index (χ2n) is 4.39. The van der Waals surface area contributed by atoms with Crippen molar-refractivity contribution < 1.29 is 14.6 Å². The maximum atomic E-state index is 11.7. The van der Waals surface area contributed by atoms with E-state index in [4.69, 9.17) is 9.84 Å². The summed E-state index contributed by atoms with van der Waals surface area (Å²) in [5, 5.41) is 14.6. The minimum atomic E-state index is -0.0728. The summed E-state index contributed by atoms with van der Waals surface area (Å²) < 4.78 is 5.19. The van der Waals surface area contributed by atoms with Crippen LogP contribution in [0.5, 0.6) is 5.75 Å². The second kappa shape index (κ2) is 8.37. The van der Waals surface area contributed by atoms with Gasteiger partial charge in [0.25, 0.3) is 0 Å². The van der Waals surface area contributed by atoms with E-state index in [0.29, 0.717) is 12.2 Å². The standard InChI is InChI=1S/C14H22N2O3/c1-11(6-5-9-17)16-14(18)10-15-12-7-3-4-8-13(12)19-2/h3-4,7-8,11,15,17H,5-6,9-10H2,1-2H3,(H,16,18). The third kappa shape index (κ3) is 5.61. The van der Waals surface area contributed by atoms with Crippen molar-refractivity contribution in [2.45, 2.75) is 25.8 Å². The highest BCUT2D eigenvalue weighted by molar-refractivity contribution is 5.81. The number of para-hydroxylation sites is 2. The van der Waals surface area contributed by atoms with Gasteiger partial charge in [-0.2, -0.15) is 0 Å². The van der Waals surface area contributed by atoms with Gasteiger partial charge in [-0.25, -0.2) is 0 Å². The first kappa shape index (κ1) is 15.3. The van der Waals surface area contributed by atoms with Crippen molar-refractivity contribution in [1.29, 1.82) is 0 Å². The SMILES string of the molecule is COc1ccccc1NCC(=O)NC(C)CCCO. The van der Waals surface area contributed by atoms with E-state index in [2.05, 4.69) is 10.6 Å². The van der Waals surface area contributed by atoms with Crippen molar-refractivity contribution in [1.82, 2.24) is 5.32 Å². The Kier molecular flexibility index (Phi) is 6.74. The lowest BCUT2D eigenvalue weighted by molar-refractivity contribution is -0.120. The van der Waals surface area contributed by atoms with Crippen molar-refractivity contribution >= 4 is 11.6 Å². The van der Waals surface area contributed by atoms with E-state index in [0.717, 1.165) is 12.1 Å². The number of carbonyl (C=O) groups excluding carboxylic acids is 1. The number of anilines is 1. The summed E-state index contributed by atoms with van der Waals surface area (Å²) >= 11 is 0. The Morgan fingerprint density at radius 1 is 1.42 bits per heavy atom. The van der Waals surface area contributed by atoms with Gasteiger partial charge in [0.2, 0.25) is 5.91 Å². The number of ether oxygens (including phenoxy) is 1. The fraction of sp³-hybridized carbons (Fsp3) is 0.500. The first-order chi connectivity index (χ1) is 9.17. The summed E-state index contributed by atoms with van der Waals surface area (Å²) in [6.45, 7) is 2.28. The number of rotatable bonds is 8. The van der Waals surface area contributed by atoms with Gasteiger partial charge in [0.1, 0.15) is 5.75 Å². The van der Waals surface area contributed by atoms with Gasteiger partial charge in [-0.3, -0.25) is 4.79 Å². The Morgan fingerprint density at radius 3 is 2.84 bits per heavy atom. The van der Waals surface area contributed by atoms with Crippen LogP contribution >= 0.6 is 0 Å². The molecule has 19 heavy (non-hydrogen) atoms. The lowest BCUT2D eigenvalue weighted by atomic mass is 10.2. The molecule has 1 unspecified atom stereocenters. The highest BCUT2D eigenvalue weighted by Crippen LogP contribution is 2.22. The van der Waals surface area contributed by atoms with E-state index < -0.39 is 0 Å². The van der Waals surface area contributed by atoms with Gasteiger partial charge < -0.3 is 20.5 Å². The lowest BCUT2D eigenvalue weighted by Crippen LogP contribution is -2.36. The van der Waals surface area contributed by atoms with Crippen LogP contribution in [0.1, 0.15) is 19.8 Å². The van der Waals surface area contributed by atoms with Gasteiger partial charge in [0.15, 0.2) is 0 Å². The molecule has 0 saturated heterocycles. The van der Waals surface area contributed by atoms with Crippen LogP contribution in [-0.2, 0) is 4.79 Å². The van der Waals surface area contributed by atoms with Gasteiger partial charge >= 0.3 is 0 Å². The summed E-state index contributed by atoms with van der Waals surface area (Å²) in [5.41, 5.74) is 0.795. The number of hydrogen-bond donors (Lipinski definition) is 3. The zero-order chi connectivity index (χ0) is 14.1. The number of benzene rings is 1. The largest absolute Gasteiger partial charge is 0.495 e. The van der Waals surface area contributed by atoms with E-state index in [1.165, 1.54) is 0 Å². The molecule has 0 aliphatic carbocycles. The second-order valence-corrected chi connectivity index (χ2v) is 4.39. The fourth-order valence-corrected chi connectivity index (χ4v) is 1.76. The Labute approximate surface area is 114 Å². The number of nitrogens with one attached hydrogen (secondary N) is 2. The Hall–Kier alpha value is -1.75. The van der Waals surface area contributed by atoms with Crippen LogP contribution in [0.4, 0.5) is 5.69 Å². The normalized spacial score (nSPS) is 11.7. The average Bonchev–Trinajstić information content (AvgIpc) is 2.43. The summed E-state index contributed by atoms with van der Waals surface area (Å²) in [6.07, 6.45) is 1.47. The van der Waals surface area contributed by atoms with Crippen LogP contribution in [0.25, 0.3) is 0 Å². The molecule has 1 aromatic carbocycles. The summed E-state index contributed by atoms with van der Waals surface area (Å²) in [6, 6.07) is 7.53. The minimum absolute atomic E-state index is 0.0686. The molecule has 0 saturated carbocycles. The van der Waals surface area contributed by atoms with Crippen molar-refractivity contribution in [3.05, 3.63) is 24.3 Å². The lowest BCUT2D eigenvalue weighted by Gasteiger charge is -2.15. The number of carbonyl (C=O) groups is 1. The molecule has 0 heterocycles. The highest BCUT2D eigenvalue weighted by atomic mass is 16.5. The van der Waals surface area contributed by atoms with Gasteiger partial charge in [-0.1, -0.05) is 12.1 Å². The summed E-state index contributed by atoms with van der Waals surface area (Å²) in [4.78, 5) is 11.7. The molecule has 0 spiro atoms. The molecule has 1 amide bonds. The third-order valence-electron chi connectivity index (χ3n) is 2.75. The van der Waals surface area contributed by atoms with E-state index in [1.807, 2.05) is 31.2 Å². The van der Waals surface area contributed by atoms with E-state index in [-0.39, 0.29) is 25.1 Å². The number of amides is 1. The Bertz CT molecular complexity index is 396. The molecule has 3 N–H and O–H groups in total. The van der Waals surface area contributed by atoms with Gasteiger partial charge in [-0.05, 0) is 31.9 Å². The van der Waals surface area contributed by atoms with Crippen LogP contribution < -0.4 is 15.4 Å². The molecule has 0 aromatic heterocycles. The molecule has 0 aliphatic rings. The predicted octanol–water partition coefficient (Wildman–Crippen LogP) is 1.38. The monoisotopic (exact) mass is 266 g/mol. The maximum absolute atomic E-state index is 11.7. The summed E-state index contributed by atoms with van der Waals surface area (Å²) in [7, 11) is 1.59. The molecule has 0 fully saturated rings. The van der Waals surface area contributed by atoms with Gasteiger partial charge in [-0.15, -0.1) is 0 Å². The fourth-order valence-electron chi connectivity index (χ4n) is 1.76. The molecule has 5 heteroatoms. The van der Waals surface area contributed by atoms with Crippen LogP contribution in [-0.4, -0.2) is 37.3 Å². The molecular weight excluding hydrogens is 244 g/mol. The third-order valence-corrected chi connectivity index (χ3v) is 2.75. The minimum Gasteiger partial charge on any atom is -0.495 e. The average molecular weight is 266 g/mol. The van der Waals surface area contributed by atoms with Crippen molar-refractivity contribution in [3.63, 3.8) is 0 Å². The molecule has 106 valence electrons. The van der Waals surface area contributed by atoms with Crippen LogP contribution in [0.2, 0.25) is 0 Å². The van der Waals surface area contributed by atoms with E-state index >= 15 is 0 Å². The molecule has 0 radical (unpaired) electrons. The molecular formula is C14H22N2O3. The Balaban J connectivity index is 2.37. The summed E-state index contributed by atoms with van der Waals surface area (Å²) in [5.74, 6) is 0.639. The quantitative estimate of drug-likeness (QED) is 0.665. The predicted molar refractivity (Wildman–Crippen MR) is 75.4 cm³/mol. The number of aliphatic hydroxyl groups excluding tert-OH is 1. The number of methoxy groups -OCH3 is 1. The maximum Gasteiger partial charge on any atom is 0.239 e. The van der Waals surface area contributed by atoms with Crippen molar-refractivity contribution in [3.8, 4) is 5.75 Å². The van der Waals surface area contributed by atoms with Crippen LogP contribution in [0.15, 0.2) is 24.3 Å². The smallest absolute Gasteiger partial charge is 0.239 e. The molecule has 1 aromatic rings. The molecule has 1 atom stereocenters. The molecule has 1 rings (SSSR count). The molecule has 5 nitrogen and oxygen atoms in total. The number of aliphatic hydroxyl groups is 1. The topological polar surface area (TPSA) is 70.6 Å². The first-order valence-electron chi connectivity index (χ1n) is 6.44. The zero-order valence-electron chi connectivity index (χ0n) is 11.5. The van der Waals surface area contributed by atoms with Gasteiger partial charge in [0.05, 0.1) is 19.3 Å².